The summed E-state index contributed by atoms with van der Waals surface area (Å²) in [6.45, 7) is 6.84. The van der Waals surface area contributed by atoms with Crippen LogP contribution in [0.4, 0.5) is 11.6 Å². The van der Waals surface area contributed by atoms with Crippen LogP contribution in [0, 0.1) is 11.3 Å². The van der Waals surface area contributed by atoms with Gasteiger partial charge < -0.3 is 35.4 Å². The Morgan fingerprint density at radius 1 is 0.700 bits per heavy atom. The number of amides is 2. The number of rotatable bonds is 17. The molecule has 0 bridgehead atoms. The maximum Gasteiger partial charge on any atom is 0.329 e. The minimum atomic E-state index is -0.955. The summed E-state index contributed by atoms with van der Waals surface area (Å²) in [5.74, 6) is 2.06. The van der Waals surface area contributed by atoms with Gasteiger partial charge in [-0.2, -0.15) is 0 Å². The predicted octanol–water partition coefficient (Wildman–Crippen LogP) is 8.05. The first-order valence-electron chi connectivity index (χ1n) is 22.6. The van der Waals surface area contributed by atoms with E-state index in [1.54, 1.807) is 23.5 Å². The number of nitrogens with one attached hydrogen (secondary N) is 2. The molecule has 1 atom stereocenters. The number of nitrogens with zero attached hydrogens (tertiary/aromatic N) is 4. The van der Waals surface area contributed by atoms with Crippen molar-refractivity contribution in [2.75, 3.05) is 54.1 Å². The second-order valence-electron chi connectivity index (χ2n) is 17.2. The molecule has 5 aliphatic rings. The smallest absolute Gasteiger partial charge is 0.329 e. The molecule has 2 amide bonds. The maximum absolute atomic E-state index is 13.0. The van der Waals surface area contributed by atoms with Crippen molar-refractivity contribution >= 4 is 58.9 Å². The monoisotopic (exact) mass is 866 g/mol. The van der Waals surface area contributed by atoms with Gasteiger partial charge in [-0.1, -0.05) is 58.8 Å². The number of ether oxygens (including phenoxy) is 1. The van der Waals surface area contributed by atoms with Crippen LogP contribution >= 0.6 is 23.5 Å². The fourth-order valence-electron chi connectivity index (χ4n) is 9.11. The van der Waals surface area contributed by atoms with Crippen molar-refractivity contribution in [3.05, 3.63) is 35.4 Å². The average Bonchev–Trinajstić information content (AvgIpc) is 3.22. The minimum absolute atomic E-state index is 0.00891. The summed E-state index contributed by atoms with van der Waals surface area (Å²) >= 11 is 3.26. The number of hydrogen-bond acceptors (Lipinski definition) is 11. The summed E-state index contributed by atoms with van der Waals surface area (Å²) < 4.78 is 5.29. The molecule has 2 saturated heterocycles. The molecular formula is C45H66N6O7S2. The Balaban J connectivity index is 0.000000203. The third-order valence-electron chi connectivity index (χ3n) is 12.8. The lowest BCUT2D eigenvalue weighted by atomic mass is 9.59. The van der Waals surface area contributed by atoms with Gasteiger partial charge in [0.25, 0.3) is 11.8 Å². The molecule has 15 heteroatoms. The van der Waals surface area contributed by atoms with Gasteiger partial charge in [-0.15, -0.1) is 23.5 Å². The second kappa shape index (κ2) is 22.5. The number of hydrogen-bond donors (Lipinski definition) is 4. The highest BCUT2D eigenvalue weighted by Crippen LogP contribution is 2.50. The third-order valence-corrected chi connectivity index (χ3v) is 15.2. The van der Waals surface area contributed by atoms with Crippen LogP contribution in [0.5, 0.6) is 0 Å². The first-order valence-corrected chi connectivity index (χ1v) is 24.5. The molecule has 0 radical (unpaired) electrons. The summed E-state index contributed by atoms with van der Waals surface area (Å²) in [5, 5.41) is 26.6. The molecule has 4 heterocycles. The van der Waals surface area contributed by atoms with Crippen LogP contribution in [0.1, 0.15) is 144 Å². The van der Waals surface area contributed by atoms with E-state index in [4.69, 9.17) is 19.8 Å². The first kappa shape index (κ1) is 46.0. The Morgan fingerprint density at radius 2 is 1.22 bits per heavy atom. The maximum atomic E-state index is 13.0. The van der Waals surface area contributed by atoms with Gasteiger partial charge in [0.2, 0.25) is 0 Å². The topological polar surface area (TPSA) is 174 Å². The zero-order chi connectivity index (χ0) is 42.5. The number of piperidine rings is 1. The first-order chi connectivity index (χ1) is 29.1. The Bertz CT molecular complexity index is 1760. The molecule has 3 saturated carbocycles. The van der Waals surface area contributed by atoms with Gasteiger partial charge in [-0.25, -0.2) is 14.8 Å². The van der Waals surface area contributed by atoms with E-state index in [2.05, 4.69) is 29.4 Å². The molecule has 2 aromatic heterocycles. The van der Waals surface area contributed by atoms with Crippen LogP contribution in [-0.2, 0) is 14.3 Å². The summed E-state index contributed by atoms with van der Waals surface area (Å²) in [5.41, 5.74) is 0.775. The van der Waals surface area contributed by atoms with E-state index in [1.807, 2.05) is 29.2 Å². The average molecular weight is 867 g/mol. The van der Waals surface area contributed by atoms with Crippen molar-refractivity contribution in [2.45, 2.75) is 151 Å². The van der Waals surface area contributed by atoms with E-state index in [0.29, 0.717) is 24.2 Å². The molecule has 13 nitrogen and oxygen atoms in total. The van der Waals surface area contributed by atoms with E-state index >= 15 is 0 Å². The number of aromatic nitrogens is 2. The van der Waals surface area contributed by atoms with Gasteiger partial charge in [0.1, 0.15) is 28.3 Å². The zero-order valence-corrected chi connectivity index (χ0v) is 37.3. The second-order valence-corrected chi connectivity index (χ2v) is 19.4. The van der Waals surface area contributed by atoms with Crippen LogP contribution in [0.25, 0.3) is 0 Å². The summed E-state index contributed by atoms with van der Waals surface area (Å²) in [7, 11) is 0. The van der Waals surface area contributed by atoms with Crippen LogP contribution < -0.4 is 20.4 Å². The van der Waals surface area contributed by atoms with Gasteiger partial charge in [-0.05, 0) is 106 Å². The van der Waals surface area contributed by atoms with Crippen molar-refractivity contribution < 1.29 is 34.1 Å². The molecule has 2 aromatic rings. The van der Waals surface area contributed by atoms with Gasteiger partial charge in [-0.3, -0.25) is 14.4 Å². The molecule has 0 aromatic carbocycles. The van der Waals surface area contributed by atoms with Crippen molar-refractivity contribution in [3.63, 3.8) is 0 Å². The van der Waals surface area contributed by atoms with Crippen LogP contribution in [-0.4, -0.2) is 106 Å². The van der Waals surface area contributed by atoms with E-state index in [-0.39, 0.29) is 42.5 Å². The number of carboxylic acids is 2. The number of carboxylic acid groups (broad SMARTS) is 2. The standard InChI is InChI=1S/C25H37N3O3S.C20H29N3O4S/c1-2-16-32-23-20(22(29)26-19-9-4-3-5-10-19)11-12-21(27-23)28-15-6-8-18(17-28)25(24(30)31)13-7-14-25;1-2-10-28-20-16(19(26)21-14-6-4-3-5-7-14)8-9-17(22-20)23-11-15(12-23)27-13-18(24)25/h11-12,18-19H,2-10,13-17H2,1H3,(H,26,29)(H,30,31);8-9,14-15H,2-7,10-13H2,1H3,(H,21,26)(H,24,25). The Hall–Kier alpha value is -3.56. The van der Waals surface area contributed by atoms with Crippen molar-refractivity contribution in [2.24, 2.45) is 11.3 Å². The molecule has 2 aliphatic heterocycles. The number of thioether (sulfide) groups is 2. The minimum Gasteiger partial charge on any atom is -0.481 e. The van der Waals surface area contributed by atoms with Gasteiger partial charge >= 0.3 is 11.9 Å². The van der Waals surface area contributed by atoms with E-state index < -0.39 is 17.4 Å². The van der Waals surface area contributed by atoms with Gasteiger partial charge in [0.15, 0.2) is 0 Å². The predicted molar refractivity (Wildman–Crippen MR) is 238 cm³/mol. The molecule has 3 aliphatic carbocycles. The summed E-state index contributed by atoms with van der Waals surface area (Å²) in [6, 6.07) is 8.18. The highest BCUT2D eigenvalue weighted by molar-refractivity contribution is 7.99. The molecule has 5 fully saturated rings. The Kier molecular flexibility index (Phi) is 17.2. The number of pyridine rings is 2. The lowest BCUT2D eigenvalue weighted by Gasteiger charge is -2.48. The normalized spacial score (nSPS) is 20.9. The highest BCUT2D eigenvalue weighted by atomic mass is 32.2. The molecule has 330 valence electrons. The number of aliphatic carboxylic acids is 2. The van der Waals surface area contributed by atoms with Crippen LogP contribution in [0.3, 0.4) is 0 Å². The molecular weight excluding hydrogens is 801 g/mol. The lowest BCUT2D eigenvalue weighted by Crippen LogP contribution is -2.53. The zero-order valence-electron chi connectivity index (χ0n) is 35.6. The van der Waals surface area contributed by atoms with E-state index in [9.17, 15) is 24.3 Å². The third kappa shape index (κ3) is 12.1. The number of carbonyl (C=O) groups is 4. The number of anilines is 2. The van der Waals surface area contributed by atoms with Crippen molar-refractivity contribution in [3.8, 4) is 0 Å². The van der Waals surface area contributed by atoms with Crippen molar-refractivity contribution in [1.29, 1.82) is 0 Å². The van der Waals surface area contributed by atoms with Gasteiger partial charge in [0.05, 0.1) is 22.6 Å². The summed E-state index contributed by atoms with van der Waals surface area (Å²) in [6.07, 6.45) is 18.0. The SMILES string of the molecule is CCCSc1nc(N2CC(OCC(=O)O)C2)ccc1C(=O)NC1CCCCC1.CCCSc1nc(N2CCCC(C3(C(=O)O)CCC3)C2)ccc1C(=O)NC1CCCCC1. The Morgan fingerprint density at radius 3 is 1.67 bits per heavy atom. The van der Waals surface area contributed by atoms with E-state index in [1.165, 1.54) is 38.5 Å². The largest absolute Gasteiger partial charge is 0.481 e. The van der Waals surface area contributed by atoms with Crippen LogP contribution in [0.15, 0.2) is 34.3 Å². The Labute approximate surface area is 364 Å². The molecule has 4 N–H and O–H groups in total. The van der Waals surface area contributed by atoms with Crippen molar-refractivity contribution in [1.82, 2.24) is 20.6 Å². The quantitative estimate of drug-likeness (QED) is 0.113. The van der Waals surface area contributed by atoms with E-state index in [0.717, 1.165) is 117 Å². The molecule has 1 unspecified atom stereocenters. The highest BCUT2D eigenvalue weighted by Gasteiger charge is 2.51. The van der Waals surface area contributed by atoms with Crippen LogP contribution in [0.2, 0.25) is 0 Å². The van der Waals surface area contributed by atoms with Gasteiger partial charge in [0, 0.05) is 38.3 Å². The molecule has 60 heavy (non-hydrogen) atoms. The molecule has 7 rings (SSSR count). The fourth-order valence-corrected chi connectivity index (χ4v) is 10.9. The summed E-state index contributed by atoms with van der Waals surface area (Å²) in [4.78, 5) is 62.4. The lowest BCUT2D eigenvalue weighted by molar-refractivity contribution is -0.160. The molecule has 0 spiro atoms. The number of carbonyl (C=O) groups excluding carboxylic acids is 2. The fraction of sp³-hybridized carbons (Fsp3) is 0.689.